The van der Waals surface area contributed by atoms with Crippen molar-refractivity contribution in [2.24, 2.45) is 5.10 Å². The predicted molar refractivity (Wildman–Crippen MR) is 114 cm³/mol. The Kier molecular flexibility index (Phi) is 9.21. The number of amides is 1. The fourth-order valence-electron chi connectivity index (χ4n) is 2.34. The van der Waals surface area contributed by atoms with Crippen molar-refractivity contribution < 1.29 is 19.0 Å². The molecule has 150 valence electrons. The Labute approximate surface area is 170 Å². The number of thioether (sulfide) groups is 1. The van der Waals surface area contributed by atoms with Crippen LogP contribution in [-0.4, -0.2) is 38.2 Å². The Bertz CT molecular complexity index is 778. The van der Waals surface area contributed by atoms with Gasteiger partial charge in [0.15, 0.2) is 11.5 Å². The third-order valence-corrected chi connectivity index (χ3v) is 4.64. The number of carbonyl (C=O) groups is 1. The van der Waals surface area contributed by atoms with E-state index < -0.39 is 0 Å². The number of benzene rings is 2. The highest BCUT2D eigenvalue weighted by atomic mass is 32.2. The summed E-state index contributed by atoms with van der Waals surface area (Å²) in [6.07, 6.45) is 1.59. The van der Waals surface area contributed by atoms with E-state index >= 15 is 0 Å². The normalized spacial score (nSPS) is 10.7. The molecule has 0 atom stereocenters. The van der Waals surface area contributed by atoms with Gasteiger partial charge in [-0.2, -0.15) is 5.10 Å². The molecule has 7 heteroatoms. The van der Waals surface area contributed by atoms with Gasteiger partial charge in [-0.25, -0.2) is 5.43 Å². The first kappa shape index (κ1) is 21.6. The first-order valence-corrected chi connectivity index (χ1v) is 10.2. The number of nitrogens with zero attached hydrogens (tertiary/aromatic N) is 1. The average molecular weight is 403 g/mol. The van der Waals surface area contributed by atoms with Crippen molar-refractivity contribution in [3.8, 4) is 17.2 Å². The van der Waals surface area contributed by atoms with E-state index in [9.17, 15) is 4.79 Å². The van der Waals surface area contributed by atoms with Crippen LogP contribution in [0.1, 0.15) is 25.0 Å². The highest BCUT2D eigenvalue weighted by molar-refractivity contribution is 7.99. The van der Waals surface area contributed by atoms with Crippen LogP contribution in [0.5, 0.6) is 17.2 Å². The maximum Gasteiger partial charge on any atom is 0.250 e. The maximum atomic E-state index is 11.9. The molecule has 0 bridgehead atoms. The van der Waals surface area contributed by atoms with Crippen LogP contribution in [0.2, 0.25) is 0 Å². The van der Waals surface area contributed by atoms with Gasteiger partial charge >= 0.3 is 0 Å². The molecule has 0 radical (unpaired) electrons. The lowest BCUT2D eigenvalue weighted by Gasteiger charge is -2.11. The Balaban J connectivity index is 1.79. The summed E-state index contributed by atoms with van der Waals surface area (Å²) in [6.45, 7) is 4.95. The summed E-state index contributed by atoms with van der Waals surface area (Å²) in [6, 6.07) is 13.3. The molecule has 0 heterocycles. The number of hydrazone groups is 1. The Hall–Kier alpha value is -2.67. The van der Waals surface area contributed by atoms with Crippen molar-refractivity contribution in [1.29, 1.82) is 0 Å². The number of carbonyl (C=O) groups excluding carboxylic acids is 1. The number of nitrogens with one attached hydrogen (secondary N) is 1. The molecule has 0 saturated heterocycles. The lowest BCUT2D eigenvalue weighted by atomic mass is 10.2. The second-order valence-electron chi connectivity index (χ2n) is 5.71. The Morgan fingerprint density at radius 1 is 1.07 bits per heavy atom. The molecule has 0 aliphatic heterocycles. The molecule has 1 amide bonds. The summed E-state index contributed by atoms with van der Waals surface area (Å²) in [7, 11) is 1.64. The van der Waals surface area contributed by atoms with Crippen LogP contribution in [0.3, 0.4) is 0 Å². The van der Waals surface area contributed by atoms with Crippen LogP contribution in [0, 0.1) is 0 Å². The predicted octanol–water partition coefficient (Wildman–Crippen LogP) is 3.88. The molecule has 2 rings (SSSR count). The van der Waals surface area contributed by atoms with Gasteiger partial charge in [-0.15, -0.1) is 11.8 Å². The SMILES string of the molecule is CCOc1ccc(/C=N/NC(=O)CSCc2ccc(OC)cc2)cc1OCC. The molecule has 2 aromatic rings. The van der Waals surface area contributed by atoms with Gasteiger partial charge in [0.1, 0.15) is 5.75 Å². The van der Waals surface area contributed by atoms with Gasteiger partial charge in [-0.1, -0.05) is 12.1 Å². The smallest absolute Gasteiger partial charge is 0.250 e. The van der Waals surface area contributed by atoms with Gasteiger partial charge in [0.2, 0.25) is 5.91 Å². The summed E-state index contributed by atoms with van der Waals surface area (Å²) >= 11 is 1.53. The minimum atomic E-state index is -0.147. The van der Waals surface area contributed by atoms with Crippen LogP contribution in [0.25, 0.3) is 0 Å². The molecule has 6 nitrogen and oxygen atoms in total. The first-order chi connectivity index (χ1) is 13.7. The van der Waals surface area contributed by atoms with Crippen molar-refractivity contribution in [1.82, 2.24) is 5.43 Å². The van der Waals surface area contributed by atoms with Crippen molar-refractivity contribution in [3.05, 3.63) is 53.6 Å². The zero-order chi connectivity index (χ0) is 20.2. The van der Waals surface area contributed by atoms with E-state index in [0.717, 1.165) is 22.6 Å². The fraction of sp³-hybridized carbons (Fsp3) is 0.333. The monoisotopic (exact) mass is 402 g/mol. The molecule has 1 N–H and O–H groups in total. The quantitative estimate of drug-likeness (QED) is 0.456. The van der Waals surface area contributed by atoms with Gasteiger partial charge < -0.3 is 14.2 Å². The van der Waals surface area contributed by atoms with Gasteiger partial charge in [0.25, 0.3) is 0 Å². The van der Waals surface area contributed by atoms with Crippen LogP contribution in [-0.2, 0) is 10.5 Å². The van der Waals surface area contributed by atoms with Gasteiger partial charge in [-0.3, -0.25) is 4.79 Å². The number of methoxy groups -OCH3 is 1. The average Bonchev–Trinajstić information content (AvgIpc) is 2.71. The van der Waals surface area contributed by atoms with Crippen molar-refractivity contribution in [2.75, 3.05) is 26.1 Å². The van der Waals surface area contributed by atoms with E-state index in [-0.39, 0.29) is 5.91 Å². The topological polar surface area (TPSA) is 69.2 Å². The van der Waals surface area contributed by atoms with Crippen molar-refractivity contribution >= 4 is 23.9 Å². The highest BCUT2D eigenvalue weighted by Gasteiger charge is 2.05. The molecular formula is C21H26N2O4S. The maximum absolute atomic E-state index is 11.9. The molecule has 0 spiro atoms. The first-order valence-electron chi connectivity index (χ1n) is 9.08. The van der Waals surface area contributed by atoms with Crippen LogP contribution < -0.4 is 19.6 Å². The van der Waals surface area contributed by atoms with E-state index in [4.69, 9.17) is 14.2 Å². The molecule has 0 aliphatic carbocycles. The summed E-state index contributed by atoms with van der Waals surface area (Å²) < 4.78 is 16.2. The third-order valence-electron chi connectivity index (χ3n) is 3.63. The summed E-state index contributed by atoms with van der Waals surface area (Å²) in [5.41, 5.74) is 4.50. The number of rotatable bonds is 11. The van der Waals surface area contributed by atoms with Crippen molar-refractivity contribution in [2.45, 2.75) is 19.6 Å². The molecular weight excluding hydrogens is 376 g/mol. The largest absolute Gasteiger partial charge is 0.497 e. The molecule has 2 aromatic carbocycles. The lowest BCUT2D eigenvalue weighted by molar-refractivity contribution is -0.118. The molecule has 0 aliphatic rings. The van der Waals surface area contributed by atoms with Crippen molar-refractivity contribution in [3.63, 3.8) is 0 Å². The number of ether oxygens (including phenoxy) is 3. The minimum Gasteiger partial charge on any atom is -0.497 e. The lowest BCUT2D eigenvalue weighted by Crippen LogP contribution is -2.19. The van der Waals surface area contributed by atoms with Gasteiger partial charge in [-0.05, 0) is 55.3 Å². The molecule has 0 unspecified atom stereocenters. The van der Waals surface area contributed by atoms with E-state index in [1.807, 2.05) is 56.3 Å². The Morgan fingerprint density at radius 2 is 1.79 bits per heavy atom. The minimum absolute atomic E-state index is 0.147. The van der Waals surface area contributed by atoms with Crippen LogP contribution in [0.15, 0.2) is 47.6 Å². The van der Waals surface area contributed by atoms with E-state index in [1.54, 1.807) is 13.3 Å². The number of hydrogen-bond donors (Lipinski definition) is 1. The summed E-state index contributed by atoms with van der Waals surface area (Å²) in [4.78, 5) is 11.9. The molecule has 0 saturated carbocycles. The fourth-order valence-corrected chi connectivity index (χ4v) is 3.12. The zero-order valence-electron chi connectivity index (χ0n) is 16.4. The standard InChI is InChI=1S/C21H26N2O4S/c1-4-26-19-11-8-17(12-20(19)27-5-2)13-22-23-21(24)15-28-14-16-6-9-18(25-3)10-7-16/h6-13H,4-5,14-15H2,1-3H3,(H,23,24)/b22-13+. The summed E-state index contributed by atoms with van der Waals surface area (Å²) in [5, 5.41) is 4.02. The Morgan fingerprint density at radius 3 is 2.46 bits per heavy atom. The third kappa shape index (κ3) is 7.15. The molecule has 0 aromatic heterocycles. The van der Waals surface area contributed by atoms with Gasteiger partial charge in [0.05, 0.1) is 32.3 Å². The second-order valence-corrected chi connectivity index (χ2v) is 6.69. The van der Waals surface area contributed by atoms with Crippen LogP contribution >= 0.6 is 11.8 Å². The molecule has 28 heavy (non-hydrogen) atoms. The van der Waals surface area contributed by atoms with E-state index in [0.29, 0.717) is 30.5 Å². The van der Waals surface area contributed by atoms with Gasteiger partial charge in [0, 0.05) is 5.75 Å². The van der Waals surface area contributed by atoms with E-state index in [2.05, 4.69) is 10.5 Å². The molecule has 0 fully saturated rings. The zero-order valence-corrected chi connectivity index (χ0v) is 17.3. The summed E-state index contributed by atoms with van der Waals surface area (Å²) in [5.74, 6) is 3.11. The number of hydrogen-bond acceptors (Lipinski definition) is 6. The van der Waals surface area contributed by atoms with E-state index in [1.165, 1.54) is 11.8 Å². The highest BCUT2D eigenvalue weighted by Crippen LogP contribution is 2.28. The van der Waals surface area contributed by atoms with Crippen LogP contribution in [0.4, 0.5) is 0 Å². The second kappa shape index (κ2) is 11.9.